The maximum absolute atomic E-state index is 12.7. The number of carbonyl (C=O) groups is 2. The van der Waals surface area contributed by atoms with Crippen molar-refractivity contribution in [3.8, 4) is 0 Å². The molecule has 1 fully saturated rings. The van der Waals surface area contributed by atoms with Gasteiger partial charge in [0.2, 0.25) is 0 Å². The van der Waals surface area contributed by atoms with Crippen LogP contribution in [0.4, 0.5) is 11.5 Å². The average Bonchev–Trinajstić information content (AvgIpc) is 3.03. The molecule has 9 nitrogen and oxygen atoms in total. The Bertz CT molecular complexity index is 857. The molecule has 2 aromatic heterocycles. The van der Waals surface area contributed by atoms with Gasteiger partial charge in [0.15, 0.2) is 0 Å². The zero-order chi connectivity index (χ0) is 20.8. The predicted molar refractivity (Wildman–Crippen MR) is 108 cm³/mol. The summed E-state index contributed by atoms with van der Waals surface area (Å²) in [4.78, 5) is 34.5. The summed E-state index contributed by atoms with van der Waals surface area (Å²) in [6.45, 7) is 6.87. The third-order valence-corrected chi connectivity index (χ3v) is 4.73. The number of anilines is 2. The number of aromatic amines is 1. The lowest BCUT2D eigenvalue weighted by Gasteiger charge is -2.27. The Morgan fingerprint density at radius 1 is 1.24 bits per heavy atom. The van der Waals surface area contributed by atoms with Crippen molar-refractivity contribution < 1.29 is 23.8 Å². The van der Waals surface area contributed by atoms with Crippen LogP contribution < -0.4 is 10.2 Å². The minimum absolute atomic E-state index is 0.155. The summed E-state index contributed by atoms with van der Waals surface area (Å²) in [6, 6.07) is 3.67. The fourth-order valence-corrected chi connectivity index (χ4v) is 3.21. The molecule has 9 heteroatoms. The molecule has 1 aliphatic rings. The summed E-state index contributed by atoms with van der Waals surface area (Å²) >= 11 is 0. The van der Waals surface area contributed by atoms with E-state index in [-0.39, 0.29) is 12.5 Å². The Balaban J connectivity index is 1.67. The molecule has 3 rings (SSSR count). The van der Waals surface area contributed by atoms with Gasteiger partial charge in [-0.3, -0.25) is 4.79 Å². The molecule has 156 valence electrons. The van der Waals surface area contributed by atoms with E-state index in [0.717, 1.165) is 18.9 Å². The van der Waals surface area contributed by atoms with Crippen molar-refractivity contribution in [3.05, 3.63) is 40.8 Å². The van der Waals surface area contributed by atoms with Gasteiger partial charge in [-0.25, -0.2) is 9.78 Å². The minimum atomic E-state index is -0.483. The summed E-state index contributed by atoms with van der Waals surface area (Å²) in [6.07, 6.45) is 1.62. The Morgan fingerprint density at radius 2 is 2.00 bits per heavy atom. The van der Waals surface area contributed by atoms with E-state index in [0.29, 0.717) is 48.0 Å². The number of rotatable bonds is 7. The number of methoxy groups -OCH3 is 1. The molecule has 0 saturated carbocycles. The van der Waals surface area contributed by atoms with Gasteiger partial charge in [0.25, 0.3) is 5.91 Å². The summed E-state index contributed by atoms with van der Waals surface area (Å²) < 4.78 is 15.4. The van der Waals surface area contributed by atoms with Crippen LogP contribution >= 0.6 is 0 Å². The van der Waals surface area contributed by atoms with E-state index in [2.05, 4.69) is 20.2 Å². The maximum atomic E-state index is 12.7. The normalized spacial score (nSPS) is 14.0. The molecule has 0 aromatic carbocycles. The first-order valence-corrected chi connectivity index (χ1v) is 9.46. The molecule has 0 aliphatic carbocycles. The van der Waals surface area contributed by atoms with Crippen molar-refractivity contribution in [2.75, 3.05) is 56.8 Å². The number of esters is 1. The van der Waals surface area contributed by atoms with Crippen LogP contribution in [-0.4, -0.2) is 68.5 Å². The van der Waals surface area contributed by atoms with Crippen LogP contribution in [0.25, 0.3) is 0 Å². The Hall–Kier alpha value is -2.91. The third kappa shape index (κ3) is 4.93. The summed E-state index contributed by atoms with van der Waals surface area (Å²) in [7, 11) is 1.53. The van der Waals surface area contributed by atoms with Crippen molar-refractivity contribution in [1.82, 2.24) is 9.97 Å². The van der Waals surface area contributed by atoms with Crippen molar-refractivity contribution in [2.24, 2.45) is 0 Å². The molecule has 0 atom stereocenters. The predicted octanol–water partition coefficient (Wildman–Crippen LogP) is 1.92. The van der Waals surface area contributed by atoms with Crippen molar-refractivity contribution in [2.45, 2.75) is 13.8 Å². The Morgan fingerprint density at radius 3 is 2.66 bits per heavy atom. The van der Waals surface area contributed by atoms with E-state index in [4.69, 9.17) is 14.2 Å². The SMILES string of the molecule is COCCOC(=O)c1c(C)[nH]c(C(=O)Nc2ccc(N3CCOCC3)nc2)c1C. The maximum Gasteiger partial charge on any atom is 0.340 e. The van der Waals surface area contributed by atoms with Gasteiger partial charge in [-0.15, -0.1) is 0 Å². The van der Waals surface area contributed by atoms with E-state index in [1.807, 2.05) is 6.07 Å². The molecule has 0 radical (unpaired) electrons. The topological polar surface area (TPSA) is 106 Å². The van der Waals surface area contributed by atoms with Crippen LogP contribution in [0.2, 0.25) is 0 Å². The molecule has 0 spiro atoms. The number of nitrogens with zero attached hydrogens (tertiary/aromatic N) is 2. The smallest absolute Gasteiger partial charge is 0.340 e. The van der Waals surface area contributed by atoms with Crippen LogP contribution in [0.1, 0.15) is 32.1 Å². The third-order valence-electron chi connectivity index (χ3n) is 4.73. The summed E-state index contributed by atoms with van der Waals surface area (Å²) in [5, 5.41) is 2.81. The molecule has 2 aromatic rings. The van der Waals surface area contributed by atoms with Gasteiger partial charge in [-0.05, 0) is 31.5 Å². The molecule has 1 saturated heterocycles. The molecule has 1 aliphatic heterocycles. The van der Waals surface area contributed by atoms with Gasteiger partial charge < -0.3 is 29.4 Å². The Labute approximate surface area is 169 Å². The molecule has 0 bridgehead atoms. The molecule has 3 heterocycles. The highest BCUT2D eigenvalue weighted by atomic mass is 16.6. The van der Waals surface area contributed by atoms with E-state index >= 15 is 0 Å². The number of aromatic nitrogens is 2. The van der Waals surface area contributed by atoms with Crippen LogP contribution in [0.5, 0.6) is 0 Å². The van der Waals surface area contributed by atoms with Crippen molar-refractivity contribution in [1.29, 1.82) is 0 Å². The highest BCUT2D eigenvalue weighted by Gasteiger charge is 2.23. The number of aryl methyl sites for hydroxylation is 1. The molecular weight excluding hydrogens is 376 g/mol. The van der Waals surface area contributed by atoms with Crippen LogP contribution in [-0.2, 0) is 14.2 Å². The lowest BCUT2D eigenvalue weighted by Crippen LogP contribution is -2.36. The van der Waals surface area contributed by atoms with Crippen LogP contribution in [0.15, 0.2) is 18.3 Å². The second-order valence-electron chi connectivity index (χ2n) is 6.71. The van der Waals surface area contributed by atoms with E-state index in [9.17, 15) is 9.59 Å². The first-order chi connectivity index (χ1) is 14.0. The number of morpholine rings is 1. The highest BCUT2D eigenvalue weighted by Crippen LogP contribution is 2.21. The lowest BCUT2D eigenvalue weighted by molar-refractivity contribution is 0.0387. The lowest BCUT2D eigenvalue weighted by atomic mass is 10.1. The second-order valence-corrected chi connectivity index (χ2v) is 6.71. The van der Waals surface area contributed by atoms with Crippen LogP contribution in [0.3, 0.4) is 0 Å². The van der Waals surface area contributed by atoms with Gasteiger partial charge in [-0.1, -0.05) is 0 Å². The number of hydrogen-bond acceptors (Lipinski definition) is 7. The number of H-pyrrole nitrogens is 1. The largest absolute Gasteiger partial charge is 0.460 e. The van der Waals surface area contributed by atoms with Gasteiger partial charge >= 0.3 is 5.97 Å². The monoisotopic (exact) mass is 402 g/mol. The molecule has 2 N–H and O–H groups in total. The minimum Gasteiger partial charge on any atom is -0.460 e. The van der Waals surface area contributed by atoms with Crippen molar-refractivity contribution in [3.63, 3.8) is 0 Å². The Kier molecular flexibility index (Phi) is 6.84. The second kappa shape index (κ2) is 9.53. The number of nitrogens with one attached hydrogen (secondary N) is 2. The molecule has 1 amide bonds. The standard InChI is InChI=1S/C20H26N4O5/c1-13-17(20(26)29-11-10-27-3)14(2)22-18(13)19(25)23-15-4-5-16(21-12-15)24-6-8-28-9-7-24/h4-5,12,22H,6-11H2,1-3H3,(H,23,25). The molecular formula is C20H26N4O5. The molecule has 0 unspecified atom stereocenters. The number of amides is 1. The average molecular weight is 402 g/mol. The zero-order valence-electron chi connectivity index (χ0n) is 16.9. The number of carbonyl (C=O) groups excluding carboxylic acids is 2. The van der Waals surface area contributed by atoms with Gasteiger partial charge in [0.05, 0.1) is 37.3 Å². The summed E-state index contributed by atoms with van der Waals surface area (Å²) in [5.41, 5.74) is 2.38. The zero-order valence-corrected chi connectivity index (χ0v) is 16.9. The fourth-order valence-electron chi connectivity index (χ4n) is 3.21. The van der Waals surface area contributed by atoms with E-state index < -0.39 is 5.97 Å². The number of pyridine rings is 1. The van der Waals surface area contributed by atoms with Crippen molar-refractivity contribution >= 4 is 23.4 Å². The first kappa shape index (κ1) is 20.8. The first-order valence-electron chi connectivity index (χ1n) is 9.46. The van der Waals surface area contributed by atoms with Gasteiger partial charge in [0, 0.05) is 25.9 Å². The number of ether oxygens (including phenoxy) is 3. The highest BCUT2D eigenvalue weighted by molar-refractivity contribution is 6.06. The quantitative estimate of drug-likeness (QED) is 0.538. The van der Waals surface area contributed by atoms with E-state index in [1.165, 1.54) is 7.11 Å². The van der Waals surface area contributed by atoms with Gasteiger partial charge in [0.1, 0.15) is 18.1 Å². The van der Waals surface area contributed by atoms with E-state index in [1.54, 1.807) is 26.1 Å². The molecule has 29 heavy (non-hydrogen) atoms. The fraction of sp³-hybridized carbons (Fsp3) is 0.450. The van der Waals surface area contributed by atoms with Gasteiger partial charge in [-0.2, -0.15) is 0 Å². The summed E-state index contributed by atoms with van der Waals surface area (Å²) in [5.74, 6) is 0.0191. The van der Waals surface area contributed by atoms with Crippen LogP contribution in [0, 0.1) is 13.8 Å². The number of hydrogen-bond donors (Lipinski definition) is 2.